The lowest BCUT2D eigenvalue weighted by atomic mass is 10.2. The van der Waals surface area contributed by atoms with Crippen LogP contribution >= 0.6 is 12.4 Å². The number of aliphatic imine (C=N–C) groups is 1. The Labute approximate surface area is 105 Å². The van der Waals surface area contributed by atoms with Crippen LogP contribution < -0.4 is 16.2 Å². The van der Waals surface area contributed by atoms with E-state index < -0.39 is 0 Å². The van der Waals surface area contributed by atoms with E-state index in [9.17, 15) is 4.79 Å². The molecule has 94 valence electrons. The molecule has 0 bridgehead atoms. The van der Waals surface area contributed by atoms with Gasteiger partial charge in [-0.1, -0.05) is 6.92 Å². The lowest BCUT2D eigenvalue weighted by Gasteiger charge is -2.27. The highest BCUT2D eigenvalue weighted by Crippen LogP contribution is 2.26. The average Bonchev–Trinajstić information content (AvgIpc) is 2.20. The third-order valence-electron chi connectivity index (χ3n) is 2.41. The van der Waals surface area contributed by atoms with Gasteiger partial charge in [-0.15, -0.1) is 12.4 Å². The molecule has 2 rings (SSSR count). The van der Waals surface area contributed by atoms with Gasteiger partial charge in [-0.3, -0.25) is 9.78 Å². The van der Waals surface area contributed by atoms with E-state index >= 15 is 0 Å². The number of anilines is 2. The number of hydrogen-bond donors (Lipinski definition) is 2. The minimum absolute atomic E-state index is 0. The first-order chi connectivity index (χ1) is 7.61. The Morgan fingerprint density at radius 2 is 2.24 bits per heavy atom. The number of aromatic nitrogens is 2. The molecule has 1 aliphatic rings. The van der Waals surface area contributed by atoms with Crippen molar-refractivity contribution in [3.63, 3.8) is 0 Å². The molecule has 0 aliphatic carbocycles. The molecule has 2 heterocycles. The molecule has 0 radical (unpaired) electrons. The highest BCUT2D eigenvalue weighted by molar-refractivity contribution is 5.93. The van der Waals surface area contributed by atoms with Gasteiger partial charge in [0, 0.05) is 12.3 Å². The van der Waals surface area contributed by atoms with Gasteiger partial charge in [0.2, 0.25) is 5.95 Å². The summed E-state index contributed by atoms with van der Waals surface area (Å²) in [5.74, 6) is 0.730. The summed E-state index contributed by atoms with van der Waals surface area (Å²) in [6, 6.07) is 0. The first-order valence-corrected chi connectivity index (χ1v) is 5.30. The summed E-state index contributed by atoms with van der Waals surface area (Å²) in [4.78, 5) is 24.5. The van der Waals surface area contributed by atoms with E-state index in [1.54, 1.807) is 0 Å². The molecule has 0 fully saturated rings. The van der Waals surface area contributed by atoms with E-state index in [0.717, 1.165) is 18.7 Å². The topological polar surface area (TPSA) is 87.4 Å². The summed E-state index contributed by atoms with van der Waals surface area (Å²) >= 11 is 0. The maximum atomic E-state index is 11.7. The van der Waals surface area contributed by atoms with Crippen molar-refractivity contribution < 1.29 is 0 Å². The molecule has 0 saturated heterocycles. The standard InChI is InChI=1S/C10H15N5O.ClH/c1-3-4-15-5-6(2)12-7-8(15)13-10(11)14-9(7)16;/h3-5H2,1-2H3,(H3,11,13,14,16);1H. The minimum atomic E-state index is -0.275. The van der Waals surface area contributed by atoms with Crippen LogP contribution in [0, 0.1) is 0 Å². The van der Waals surface area contributed by atoms with Crippen molar-refractivity contribution in [2.45, 2.75) is 20.3 Å². The quantitative estimate of drug-likeness (QED) is 0.830. The maximum Gasteiger partial charge on any atom is 0.280 e. The second-order valence-corrected chi connectivity index (χ2v) is 3.89. The average molecular weight is 258 g/mol. The summed E-state index contributed by atoms with van der Waals surface area (Å²) in [5, 5.41) is 0. The first kappa shape index (κ1) is 13.5. The monoisotopic (exact) mass is 257 g/mol. The van der Waals surface area contributed by atoms with Gasteiger partial charge in [0.05, 0.1) is 6.54 Å². The molecule has 1 aromatic heterocycles. The van der Waals surface area contributed by atoms with Crippen molar-refractivity contribution in [2.24, 2.45) is 4.99 Å². The van der Waals surface area contributed by atoms with Crippen LogP contribution in [0.25, 0.3) is 0 Å². The molecule has 3 N–H and O–H groups in total. The van der Waals surface area contributed by atoms with E-state index in [0.29, 0.717) is 18.1 Å². The Kier molecular flexibility index (Phi) is 4.11. The molecule has 7 heteroatoms. The lowest BCUT2D eigenvalue weighted by Crippen LogP contribution is -2.34. The van der Waals surface area contributed by atoms with E-state index in [1.165, 1.54) is 0 Å². The van der Waals surface area contributed by atoms with Crippen LogP contribution in [0.2, 0.25) is 0 Å². The van der Waals surface area contributed by atoms with Crippen LogP contribution in [0.5, 0.6) is 0 Å². The largest absolute Gasteiger partial charge is 0.369 e. The van der Waals surface area contributed by atoms with Gasteiger partial charge in [0.15, 0.2) is 11.5 Å². The fourth-order valence-corrected chi connectivity index (χ4v) is 1.83. The molecule has 0 amide bonds. The third kappa shape index (κ3) is 2.58. The van der Waals surface area contributed by atoms with Gasteiger partial charge in [0.25, 0.3) is 5.56 Å². The second-order valence-electron chi connectivity index (χ2n) is 3.89. The van der Waals surface area contributed by atoms with Crippen molar-refractivity contribution in [3.8, 4) is 0 Å². The van der Waals surface area contributed by atoms with E-state index in [2.05, 4.69) is 21.9 Å². The Balaban J connectivity index is 0.00000144. The highest BCUT2D eigenvalue weighted by atomic mass is 35.5. The van der Waals surface area contributed by atoms with Crippen LogP contribution in [0.1, 0.15) is 20.3 Å². The number of aromatic amines is 1. The van der Waals surface area contributed by atoms with Crippen LogP contribution in [-0.4, -0.2) is 28.8 Å². The molecule has 1 aliphatic heterocycles. The van der Waals surface area contributed by atoms with E-state index in [4.69, 9.17) is 5.73 Å². The Bertz CT molecular complexity index is 496. The molecule has 6 nitrogen and oxygen atoms in total. The van der Waals surface area contributed by atoms with Gasteiger partial charge in [0.1, 0.15) is 0 Å². The number of nitrogens with two attached hydrogens (primary N) is 1. The Morgan fingerprint density at radius 1 is 1.53 bits per heavy atom. The Hall–Kier alpha value is -1.56. The van der Waals surface area contributed by atoms with Crippen molar-refractivity contribution >= 4 is 35.6 Å². The fourth-order valence-electron chi connectivity index (χ4n) is 1.83. The predicted molar refractivity (Wildman–Crippen MR) is 71.8 cm³/mol. The molecular formula is C10H16ClN5O. The summed E-state index contributed by atoms with van der Waals surface area (Å²) in [5.41, 5.74) is 6.54. The number of nitrogens with zero attached hydrogens (tertiary/aromatic N) is 3. The molecule has 0 atom stereocenters. The SMILES string of the molecule is CCCN1CC(C)=Nc2c1nc(N)[nH]c2=O.Cl. The van der Waals surface area contributed by atoms with Crippen molar-refractivity contribution in [1.29, 1.82) is 0 Å². The molecule has 0 aromatic carbocycles. The zero-order valence-electron chi connectivity index (χ0n) is 9.86. The van der Waals surface area contributed by atoms with Crippen LogP contribution in [-0.2, 0) is 0 Å². The van der Waals surface area contributed by atoms with Gasteiger partial charge >= 0.3 is 0 Å². The molecule has 0 unspecified atom stereocenters. The van der Waals surface area contributed by atoms with Crippen molar-refractivity contribution in [3.05, 3.63) is 10.4 Å². The number of nitrogen functional groups attached to an aromatic ring is 1. The normalized spacial score (nSPS) is 13.8. The summed E-state index contributed by atoms with van der Waals surface area (Å²) in [6.07, 6.45) is 0.987. The summed E-state index contributed by atoms with van der Waals surface area (Å²) in [6.45, 7) is 5.53. The summed E-state index contributed by atoms with van der Waals surface area (Å²) < 4.78 is 0. The minimum Gasteiger partial charge on any atom is -0.369 e. The highest BCUT2D eigenvalue weighted by Gasteiger charge is 2.21. The number of rotatable bonds is 2. The van der Waals surface area contributed by atoms with E-state index in [1.807, 2.05) is 11.8 Å². The van der Waals surface area contributed by atoms with Gasteiger partial charge in [-0.2, -0.15) is 4.98 Å². The van der Waals surface area contributed by atoms with Crippen LogP contribution in [0.3, 0.4) is 0 Å². The third-order valence-corrected chi connectivity index (χ3v) is 2.41. The van der Waals surface area contributed by atoms with Crippen LogP contribution in [0.4, 0.5) is 17.5 Å². The molecular weight excluding hydrogens is 242 g/mol. The summed E-state index contributed by atoms with van der Waals surface area (Å²) in [7, 11) is 0. The number of nitrogens with one attached hydrogen (secondary N) is 1. The number of H-pyrrole nitrogens is 1. The van der Waals surface area contributed by atoms with Gasteiger partial charge in [-0.05, 0) is 13.3 Å². The first-order valence-electron chi connectivity index (χ1n) is 5.30. The lowest BCUT2D eigenvalue weighted by molar-refractivity contribution is 0.801. The predicted octanol–water partition coefficient (Wildman–Crippen LogP) is 1.10. The zero-order chi connectivity index (χ0) is 11.7. The number of hydrogen-bond acceptors (Lipinski definition) is 5. The molecule has 0 spiro atoms. The second kappa shape index (κ2) is 5.18. The zero-order valence-corrected chi connectivity index (χ0v) is 10.7. The Morgan fingerprint density at radius 3 is 2.88 bits per heavy atom. The van der Waals surface area contributed by atoms with Crippen molar-refractivity contribution in [1.82, 2.24) is 9.97 Å². The smallest absolute Gasteiger partial charge is 0.280 e. The number of fused-ring (bicyclic) bond motifs is 1. The van der Waals surface area contributed by atoms with Crippen LogP contribution in [0.15, 0.2) is 9.79 Å². The van der Waals surface area contributed by atoms with Crippen molar-refractivity contribution in [2.75, 3.05) is 23.7 Å². The maximum absolute atomic E-state index is 11.7. The van der Waals surface area contributed by atoms with E-state index in [-0.39, 0.29) is 23.9 Å². The van der Waals surface area contributed by atoms with Gasteiger partial charge < -0.3 is 10.6 Å². The number of halogens is 1. The molecule has 1 aromatic rings. The van der Waals surface area contributed by atoms with Gasteiger partial charge in [-0.25, -0.2) is 4.99 Å². The molecule has 17 heavy (non-hydrogen) atoms. The fraction of sp³-hybridized carbons (Fsp3) is 0.500. The molecule has 0 saturated carbocycles.